The molecule has 1 N–H and O–H groups in total. The van der Waals surface area contributed by atoms with Crippen molar-refractivity contribution in [3.8, 4) is 0 Å². The zero-order valence-corrected chi connectivity index (χ0v) is 34.9. The van der Waals surface area contributed by atoms with Crippen LogP contribution in [0, 0.1) is 0 Å². The van der Waals surface area contributed by atoms with Gasteiger partial charge in [0.25, 0.3) is 0 Å². The maximum absolute atomic E-state index is 10.6. The first kappa shape index (κ1) is 42.5. The van der Waals surface area contributed by atoms with Gasteiger partial charge in [0, 0.05) is 0 Å². The van der Waals surface area contributed by atoms with E-state index in [-0.39, 0.29) is 26.8 Å². The fraction of sp³-hybridized carbons (Fsp3) is 1.00. The molecule has 0 aliphatic rings. The molecule has 0 aromatic heterocycles. The first-order valence-electron chi connectivity index (χ1n) is 15.3. The molecule has 0 heterocycles. The van der Waals surface area contributed by atoms with E-state index >= 15 is 0 Å². The highest BCUT2D eigenvalue weighted by molar-refractivity contribution is 6.75. The van der Waals surface area contributed by atoms with Gasteiger partial charge in [-0.1, -0.05) is 83.1 Å². The topological polar surface area (TPSA) is 94.1 Å². The molecular formula is C29H68O9Si4. The van der Waals surface area contributed by atoms with Crippen molar-refractivity contribution < 1.29 is 43.0 Å². The summed E-state index contributed by atoms with van der Waals surface area (Å²) in [6.45, 7) is 41.9. The first-order chi connectivity index (χ1) is 18.3. The van der Waals surface area contributed by atoms with E-state index in [1.165, 1.54) is 0 Å². The highest BCUT2D eigenvalue weighted by Crippen LogP contribution is 2.41. The Labute approximate surface area is 262 Å². The highest BCUT2D eigenvalue weighted by Gasteiger charge is 2.47. The van der Waals surface area contributed by atoms with Crippen molar-refractivity contribution in [3.63, 3.8) is 0 Å². The summed E-state index contributed by atoms with van der Waals surface area (Å²) < 4.78 is 24.5. The summed E-state index contributed by atoms with van der Waals surface area (Å²) >= 11 is 0. The minimum atomic E-state index is -2.38. The van der Waals surface area contributed by atoms with E-state index in [4.69, 9.17) is 37.9 Å². The summed E-state index contributed by atoms with van der Waals surface area (Å²) in [5.41, 5.74) is 0. The van der Waals surface area contributed by atoms with Crippen molar-refractivity contribution in [2.75, 3.05) is 13.2 Å². The van der Waals surface area contributed by atoms with Crippen LogP contribution in [0.15, 0.2) is 0 Å². The molecule has 0 saturated carbocycles. The van der Waals surface area contributed by atoms with Crippen molar-refractivity contribution in [3.05, 3.63) is 0 Å². The van der Waals surface area contributed by atoms with Crippen molar-refractivity contribution >= 4 is 33.3 Å². The maximum atomic E-state index is 10.6. The molecule has 42 heavy (non-hydrogen) atoms. The quantitative estimate of drug-likeness (QED) is 0.0980. The second-order valence-corrected chi connectivity index (χ2v) is 36.4. The van der Waals surface area contributed by atoms with E-state index in [1.807, 2.05) is 0 Å². The summed E-state index contributed by atoms with van der Waals surface area (Å²) in [7, 11) is -9.31. The van der Waals surface area contributed by atoms with E-state index in [1.54, 1.807) is 0 Å². The zero-order valence-electron chi connectivity index (χ0n) is 30.9. The minimum Gasteiger partial charge on any atom is -0.393 e. The average molecular weight is 673 g/mol. The van der Waals surface area contributed by atoms with E-state index in [9.17, 15) is 5.11 Å². The largest absolute Gasteiger partial charge is 0.393 e. The molecule has 0 spiro atoms. The third-order valence-electron chi connectivity index (χ3n) is 9.76. The normalized spacial score (nSPS) is 17.4. The molecule has 9 nitrogen and oxygen atoms in total. The van der Waals surface area contributed by atoms with Gasteiger partial charge in [-0.25, -0.2) is 19.6 Å². The Kier molecular flexibility index (Phi) is 15.1. The zero-order chi connectivity index (χ0) is 33.8. The van der Waals surface area contributed by atoms with E-state index < -0.39 is 58.2 Å². The van der Waals surface area contributed by atoms with E-state index in [2.05, 4.69) is 135 Å². The van der Waals surface area contributed by atoms with Gasteiger partial charge >= 0.3 is 0 Å². The Bertz CT molecular complexity index is 808. The molecule has 0 bridgehead atoms. The Morgan fingerprint density at radius 2 is 0.738 bits per heavy atom. The maximum Gasteiger partial charge on any atom is 0.238 e. The number of aliphatic hydroxyl groups is 1. The third-order valence-corrected chi connectivity index (χ3v) is 26.3. The molecule has 0 fully saturated rings. The van der Waals surface area contributed by atoms with Gasteiger partial charge in [0.1, 0.15) is 18.8 Å². The van der Waals surface area contributed by atoms with Gasteiger partial charge in [-0.05, 0) is 72.5 Å². The summed E-state index contributed by atoms with van der Waals surface area (Å²) in [5.74, 6) is 0. The molecule has 0 radical (unpaired) electrons. The first-order valence-corrected chi connectivity index (χ1v) is 26.9. The van der Waals surface area contributed by atoms with Crippen LogP contribution in [0.3, 0.4) is 0 Å². The monoisotopic (exact) mass is 672 g/mol. The summed E-state index contributed by atoms with van der Waals surface area (Å²) in [4.78, 5) is 24.3. The predicted molar refractivity (Wildman–Crippen MR) is 181 cm³/mol. The van der Waals surface area contributed by atoms with Gasteiger partial charge in [0.15, 0.2) is 6.10 Å². The van der Waals surface area contributed by atoms with Gasteiger partial charge < -0.3 is 5.11 Å². The smallest absolute Gasteiger partial charge is 0.238 e. The van der Waals surface area contributed by atoms with Crippen LogP contribution in [0.25, 0.3) is 0 Å². The molecule has 0 aliphatic carbocycles. The van der Waals surface area contributed by atoms with Gasteiger partial charge in [-0.2, -0.15) is 0 Å². The van der Waals surface area contributed by atoms with Gasteiger partial charge in [0.05, 0.1) is 6.61 Å². The lowest BCUT2D eigenvalue weighted by molar-refractivity contribution is -0.393. The number of hydrogen-bond acceptors (Lipinski definition) is 9. The molecule has 0 saturated heterocycles. The molecule has 13 heteroatoms. The van der Waals surface area contributed by atoms with Crippen LogP contribution in [0.2, 0.25) is 72.5 Å². The lowest BCUT2D eigenvalue weighted by Gasteiger charge is -2.41. The fourth-order valence-corrected chi connectivity index (χ4v) is 4.46. The standard InChI is InChI=1S/C29H68O9Si4/c1-26(2,3)39(13,14)35-31-22-24(33-37-41(17,18)28(7,8)9)25(34-38-42(19,20)29(10,11)12)23(21-30)32-36-40(15,16)27(4,5)6/h23-25,30H,21-22H2,1-20H3/t23-,24+,25+/m1/s1. The summed E-state index contributed by atoms with van der Waals surface area (Å²) in [6, 6.07) is 0. The molecular weight excluding hydrogens is 605 g/mol. The highest BCUT2D eigenvalue weighted by atomic mass is 28.4. The Morgan fingerprint density at radius 1 is 0.452 bits per heavy atom. The molecule has 254 valence electrons. The second kappa shape index (κ2) is 14.9. The predicted octanol–water partition coefficient (Wildman–Crippen LogP) is 8.90. The van der Waals surface area contributed by atoms with Crippen LogP contribution in [-0.4, -0.2) is 69.9 Å². The lowest BCUT2D eigenvalue weighted by Crippen LogP contribution is -2.53. The van der Waals surface area contributed by atoms with Crippen LogP contribution in [0.1, 0.15) is 83.1 Å². The van der Waals surface area contributed by atoms with Crippen LogP contribution in [0.5, 0.6) is 0 Å². The molecule has 0 unspecified atom stereocenters. The van der Waals surface area contributed by atoms with Crippen molar-refractivity contribution in [1.82, 2.24) is 0 Å². The van der Waals surface area contributed by atoms with Gasteiger partial charge in [0.2, 0.25) is 33.3 Å². The molecule has 0 aromatic rings. The van der Waals surface area contributed by atoms with Crippen LogP contribution in [0.4, 0.5) is 0 Å². The lowest BCUT2D eigenvalue weighted by atomic mass is 10.1. The molecule has 0 amide bonds. The van der Waals surface area contributed by atoms with Crippen molar-refractivity contribution in [2.24, 2.45) is 0 Å². The van der Waals surface area contributed by atoms with Crippen LogP contribution < -0.4 is 0 Å². The number of hydrogen-bond donors (Lipinski definition) is 1. The Balaban J connectivity index is 6.50. The molecule has 0 rings (SSSR count). The van der Waals surface area contributed by atoms with E-state index in [0.717, 1.165) is 0 Å². The van der Waals surface area contributed by atoms with E-state index in [0.29, 0.717) is 0 Å². The number of rotatable bonds is 16. The van der Waals surface area contributed by atoms with Crippen molar-refractivity contribution in [1.29, 1.82) is 0 Å². The SMILES string of the molecule is CC(C)(C)[Si](C)(C)OOC[C@H](OO[Si](C)(C)C(C)(C)C)[C@@H](OO[Si](C)(C)C(C)(C)C)[C@@H](CO)OO[Si](C)(C)C(C)(C)C. The van der Waals surface area contributed by atoms with Gasteiger partial charge in [-0.3, -0.25) is 18.3 Å². The summed E-state index contributed by atoms with van der Waals surface area (Å²) in [5, 5.41) is 10.2. The molecule has 0 aliphatic heterocycles. The van der Waals surface area contributed by atoms with Crippen LogP contribution in [-0.2, 0) is 37.9 Å². The molecule has 0 aromatic carbocycles. The van der Waals surface area contributed by atoms with Gasteiger partial charge in [-0.15, -0.1) is 0 Å². The van der Waals surface area contributed by atoms with Crippen LogP contribution >= 0.6 is 0 Å². The molecule has 3 atom stereocenters. The Hall–Kier alpha value is 0.508. The average Bonchev–Trinajstić information content (AvgIpc) is 2.75. The fourth-order valence-electron chi connectivity index (χ4n) is 2.02. The number of aliphatic hydroxyl groups excluding tert-OH is 1. The second-order valence-electron chi connectivity index (χ2n) is 17.7. The summed E-state index contributed by atoms with van der Waals surface area (Å²) in [6.07, 6.45) is -2.77. The van der Waals surface area contributed by atoms with Crippen molar-refractivity contribution in [2.45, 2.75) is 174 Å². The Morgan fingerprint density at radius 3 is 1.05 bits per heavy atom. The minimum absolute atomic E-state index is 0.0351. The third kappa shape index (κ3) is 12.4.